The highest BCUT2D eigenvalue weighted by Gasteiger charge is 2.41. The Balaban J connectivity index is 1.91. The fraction of sp³-hybridized carbons (Fsp3) is 0.440. The number of nitrogens with one attached hydrogen (secondary N) is 1. The molecule has 0 radical (unpaired) electrons. The summed E-state index contributed by atoms with van der Waals surface area (Å²) in [5.74, 6) is -0.578. The minimum atomic E-state index is -0.719. The molecule has 3 rings (SSSR count). The molecule has 1 aliphatic rings. The SMILES string of the molecule is CC[C@H](C)Oc1ccc(NC(=O)C2(c3ccc(F)cc3)CCCCC2)cc1C(=O)OC. The summed E-state index contributed by atoms with van der Waals surface area (Å²) in [6.07, 6.45) is 5.06. The highest BCUT2D eigenvalue weighted by atomic mass is 19.1. The third-order valence-corrected chi connectivity index (χ3v) is 6.08. The molecule has 1 N–H and O–H groups in total. The number of halogens is 1. The van der Waals surface area contributed by atoms with E-state index >= 15 is 0 Å². The fourth-order valence-electron chi connectivity index (χ4n) is 4.10. The van der Waals surface area contributed by atoms with Crippen molar-refractivity contribution in [1.29, 1.82) is 0 Å². The third-order valence-electron chi connectivity index (χ3n) is 6.08. The van der Waals surface area contributed by atoms with Crippen molar-refractivity contribution in [2.45, 2.75) is 63.9 Å². The summed E-state index contributed by atoms with van der Waals surface area (Å²) in [7, 11) is 1.31. The first-order valence-electron chi connectivity index (χ1n) is 10.9. The number of amides is 1. The number of ether oxygens (including phenoxy) is 2. The van der Waals surface area contributed by atoms with E-state index in [9.17, 15) is 14.0 Å². The number of carbonyl (C=O) groups excluding carboxylic acids is 2. The van der Waals surface area contributed by atoms with Crippen molar-refractivity contribution in [1.82, 2.24) is 0 Å². The van der Waals surface area contributed by atoms with Gasteiger partial charge in [0, 0.05) is 5.69 Å². The zero-order chi connectivity index (χ0) is 22.4. The smallest absolute Gasteiger partial charge is 0.341 e. The van der Waals surface area contributed by atoms with Crippen LogP contribution in [0.2, 0.25) is 0 Å². The van der Waals surface area contributed by atoms with Gasteiger partial charge in [0.2, 0.25) is 5.91 Å². The molecule has 2 aromatic rings. The summed E-state index contributed by atoms with van der Waals surface area (Å²) in [4.78, 5) is 25.8. The highest BCUT2D eigenvalue weighted by molar-refractivity contribution is 6.01. The van der Waals surface area contributed by atoms with Crippen LogP contribution in [0.5, 0.6) is 5.75 Å². The zero-order valence-corrected chi connectivity index (χ0v) is 18.4. The van der Waals surface area contributed by atoms with Crippen LogP contribution in [0.15, 0.2) is 42.5 Å². The number of hydrogen-bond acceptors (Lipinski definition) is 4. The molecule has 0 aromatic heterocycles. The Morgan fingerprint density at radius 3 is 2.39 bits per heavy atom. The van der Waals surface area contributed by atoms with Gasteiger partial charge in [-0.3, -0.25) is 4.79 Å². The number of esters is 1. The molecule has 6 heteroatoms. The van der Waals surface area contributed by atoms with Gasteiger partial charge < -0.3 is 14.8 Å². The van der Waals surface area contributed by atoms with Crippen LogP contribution in [0.3, 0.4) is 0 Å². The minimum Gasteiger partial charge on any atom is -0.490 e. The third kappa shape index (κ3) is 5.06. The molecule has 31 heavy (non-hydrogen) atoms. The Kier molecular flexibility index (Phi) is 7.31. The van der Waals surface area contributed by atoms with E-state index < -0.39 is 11.4 Å². The van der Waals surface area contributed by atoms with Gasteiger partial charge in [-0.2, -0.15) is 0 Å². The van der Waals surface area contributed by atoms with Crippen molar-refractivity contribution < 1.29 is 23.5 Å². The van der Waals surface area contributed by atoms with E-state index in [4.69, 9.17) is 9.47 Å². The lowest BCUT2D eigenvalue weighted by Crippen LogP contribution is -2.42. The number of methoxy groups -OCH3 is 1. The second-order valence-corrected chi connectivity index (χ2v) is 8.14. The number of anilines is 1. The Morgan fingerprint density at radius 1 is 1.10 bits per heavy atom. The second-order valence-electron chi connectivity index (χ2n) is 8.14. The van der Waals surface area contributed by atoms with Crippen LogP contribution in [0.1, 0.15) is 68.3 Å². The molecular weight excluding hydrogens is 397 g/mol. The minimum absolute atomic E-state index is 0.0622. The van der Waals surface area contributed by atoms with E-state index in [0.29, 0.717) is 24.3 Å². The van der Waals surface area contributed by atoms with E-state index in [1.807, 2.05) is 13.8 Å². The zero-order valence-electron chi connectivity index (χ0n) is 18.4. The summed E-state index contributed by atoms with van der Waals surface area (Å²) in [5.41, 5.74) is 0.855. The summed E-state index contributed by atoms with van der Waals surface area (Å²) >= 11 is 0. The number of hydrogen-bond donors (Lipinski definition) is 1. The van der Waals surface area contributed by atoms with Gasteiger partial charge in [-0.1, -0.05) is 38.3 Å². The Labute approximate surface area is 182 Å². The monoisotopic (exact) mass is 427 g/mol. The van der Waals surface area contributed by atoms with Gasteiger partial charge in [-0.25, -0.2) is 9.18 Å². The molecule has 1 fully saturated rings. The molecule has 0 bridgehead atoms. The van der Waals surface area contributed by atoms with Crippen LogP contribution in [0, 0.1) is 5.82 Å². The van der Waals surface area contributed by atoms with E-state index in [2.05, 4.69) is 5.32 Å². The first-order chi connectivity index (χ1) is 14.9. The average molecular weight is 428 g/mol. The van der Waals surface area contributed by atoms with Gasteiger partial charge in [0.25, 0.3) is 0 Å². The predicted octanol–water partition coefficient (Wildman–Crippen LogP) is 5.63. The molecule has 0 aliphatic heterocycles. The Bertz CT molecular complexity index is 920. The van der Waals surface area contributed by atoms with Crippen molar-refractivity contribution in [3.8, 4) is 5.75 Å². The topological polar surface area (TPSA) is 64.6 Å². The normalized spacial score (nSPS) is 16.3. The maximum atomic E-state index is 13.5. The molecular formula is C25H30FNO4. The lowest BCUT2D eigenvalue weighted by Gasteiger charge is -2.36. The van der Waals surface area contributed by atoms with Crippen LogP contribution in [-0.2, 0) is 14.9 Å². The molecule has 5 nitrogen and oxygen atoms in total. The van der Waals surface area contributed by atoms with Crippen molar-refractivity contribution in [3.05, 3.63) is 59.4 Å². The molecule has 166 valence electrons. The van der Waals surface area contributed by atoms with E-state index in [-0.39, 0.29) is 23.4 Å². The molecule has 0 unspecified atom stereocenters. The standard InChI is InChI=1S/C25H30FNO4/c1-4-17(2)31-22-13-12-20(16-21(22)23(28)30-3)27-24(29)25(14-6-5-7-15-25)18-8-10-19(26)11-9-18/h8-13,16-17H,4-7,14-15H2,1-3H3,(H,27,29)/t17-/m0/s1. The maximum absolute atomic E-state index is 13.5. The molecule has 1 saturated carbocycles. The summed E-state index contributed by atoms with van der Waals surface area (Å²) in [6, 6.07) is 11.2. The van der Waals surface area contributed by atoms with Crippen molar-refractivity contribution >= 4 is 17.6 Å². The number of carbonyl (C=O) groups is 2. The van der Waals surface area contributed by atoms with Gasteiger partial charge in [0.1, 0.15) is 17.1 Å². The van der Waals surface area contributed by atoms with Crippen molar-refractivity contribution in [3.63, 3.8) is 0 Å². The summed E-state index contributed by atoms with van der Waals surface area (Å²) in [5, 5.41) is 2.98. The van der Waals surface area contributed by atoms with Gasteiger partial charge in [-0.05, 0) is 62.1 Å². The fourth-order valence-corrected chi connectivity index (χ4v) is 4.10. The maximum Gasteiger partial charge on any atom is 0.341 e. The number of rotatable bonds is 7. The second kappa shape index (κ2) is 9.94. The van der Waals surface area contributed by atoms with Crippen LogP contribution in [-0.4, -0.2) is 25.1 Å². The van der Waals surface area contributed by atoms with Crippen LogP contribution < -0.4 is 10.1 Å². The highest BCUT2D eigenvalue weighted by Crippen LogP contribution is 2.41. The molecule has 0 heterocycles. The molecule has 2 aromatic carbocycles. The lowest BCUT2D eigenvalue weighted by atomic mass is 9.68. The first-order valence-corrected chi connectivity index (χ1v) is 10.9. The quantitative estimate of drug-likeness (QED) is 0.582. The Morgan fingerprint density at radius 2 is 1.77 bits per heavy atom. The lowest BCUT2D eigenvalue weighted by molar-refractivity contribution is -0.122. The van der Waals surface area contributed by atoms with Gasteiger partial charge in [0.15, 0.2) is 0 Å². The van der Waals surface area contributed by atoms with Crippen molar-refractivity contribution in [2.75, 3.05) is 12.4 Å². The molecule has 0 saturated heterocycles. The molecule has 1 amide bonds. The van der Waals surface area contributed by atoms with Gasteiger partial charge in [-0.15, -0.1) is 0 Å². The van der Waals surface area contributed by atoms with Crippen LogP contribution in [0.4, 0.5) is 10.1 Å². The van der Waals surface area contributed by atoms with Crippen molar-refractivity contribution in [2.24, 2.45) is 0 Å². The summed E-state index contributed by atoms with van der Waals surface area (Å²) in [6.45, 7) is 3.92. The first kappa shape index (κ1) is 22.8. The van der Waals surface area contributed by atoms with Crippen LogP contribution in [0.25, 0.3) is 0 Å². The van der Waals surface area contributed by atoms with E-state index in [1.54, 1.807) is 30.3 Å². The van der Waals surface area contributed by atoms with E-state index in [1.165, 1.54) is 19.2 Å². The molecule has 1 aliphatic carbocycles. The molecule has 1 atom stereocenters. The number of benzene rings is 2. The predicted molar refractivity (Wildman–Crippen MR) is 118 cm³/mol. The van der Waals surface area contributed by atoms with Gasteiger partial charge >= 0.3 is 5.97 Å². The summed E-state index contributed by atoms with van der Waals surface area (Å²) < 4.78 is 24.2. The molecule has 0 spiro atoms. The van der Waals surface area contributed by atoms with Gasteiger partial charge in [0.05, 0.1) is 18.6 Å². The largest absolute Gasteiger partial charge is 0.490 e. The Hall–Kier alpha value is -2.89. The van der Waals surface area contributed by atoms with Crippen LogP contribution >= 0.6 is 0 Å². The van der Waals surface area contributed by atoms with E-state index in [0.717, 1.165) is 31.2 Å². The average Bonchev–Trinajstić information content (AvgIpc) is 2.80.